The molecule has 1 aliphatic heterocycles. The number of aromatic nitrogens is 1. The van der Waals surface area contributed by atoms with Crippen LogP contribution in [0.4, 0.5) is 0 Å². The van der Waals surface area contributed by atoms with Gasteiger partial charge in [-0.3, -0.25) is 9.78 Å². The Kier molecular flexibility index (Phi) is 5.95. The van der Waals surface area contributed by atoms with Crippen molar-refractivity contribution in [1.82, 2.24) is 9.88 Å². The minimum Gasteiger partial charge on any atom is -0.378 e. The highest BCUT2D eigenvalue weighted by atomic mass is 16.5. The molecule has 0 N–H and O–H groups in total. The highest BCUT2D eigenvalue weighted by Crippen LogP contribution is 2.19. The molecular weight excluding hydrogens is 276 g/mol. The summed E-state index contributed by atoms with van der Waals surface area (Å²) in [7, 11) is 1.87. The number of ether oxygens (including phenoxy) is 1. The van der Waals surface area contributed by atoms with Crippen molar-refractivity contribution in [2.24, 2.45) is 0 Å². The Morgan fingerprint density at radius 1 is 1.45 bits per heavy atom. The second kappa shape index (κ2) is 7.73. The van der Waals surface area contributed by atoms with Crippen LogP contribution in [0.25, 0.3) is 0 Å². The van der Waals surface area contributed by atoms with Gasteiger partial charge in [0.1, 0.15) is 0 Å². The summed E-state index contributed by atoms with van der Waals surface area (Å²) in [6, 6.07) is 3.91. The van der Waals surface area contributed by atoms with Gasteiger partial charge in [-0.05, 0) is 43.7 Å². The third-order valence-electron chi connectivity index (χ3n) is 4.31. The minimum absolute atomic E-state index is 0.0673. The van der Waals surface area contributed by atoms with Gasteiger partial charge in [0.15, 0.2) is 0 Å². The van der Waals surface area contributed by atoms with Crippen LogP contribution in [0, 0.1) is 0 Å². The summed E-state index contributed by atoms with van der Waals surface area (Å²) < 4.78 is 5.63. The van der Waals surface area contributed by atoms with Gasteiger partial charge in [0.2, 0.25) is 0 Å². The summed E-state index contributed by atoms with van der Waals surface area (Å²) in [6.07, 6.45) is 4.28. The maximum atomic E-state index is 12.7. The maximum absolute atomic E-state index is 12.7. The smallest absolute Gasteiger partial charge is 0.255 e. The summed E-state index contributed by atoms with van der Waals surface area (Å²) in [5.74, 6) is 0.448. The quantitative estimate of drug-likeness (QED) is 0.809. The van der Waals surface area contributed by atoms with E-state index in [9.17, 15) is 4.79 Å². The zero-order valence-corrected chi connectivity index (χ0v) is 14.3. The molecule has 4 heteroatoms. The van der Waals surface area contributed by atoms with Crippen LogP contribution in [0.1, 0.15) is 67.7 Å². The van der Waals surface area contributed by atoms with E-state index in [-0.39, 0.29) is 5.91 Å². The molecule has 0 bridgehead atoms. The van der Waals surface area contributed by atoms with Crippen molar-refractivity contribution in [3.8, 4) is 0 Å². The number of hydrogen-bond donors (Lipinski definition) is 0. The van der Waals surface area contributed by atoms with E-state index in [1.165, 1.54) is 0 Å². The topological polar surface area (TPSA) is 42.4 Å². The molecule has 0 spiro atoms. The SMILES string of the molecule is CCc1nc(C(C)C)ccc1C(=O)N(C)CCC1CCCO1. The fourth-order valence-corrected chi connectivity index (χ4v) is 2.82. The van der Waals surface area contributed by atoms with Crippen molar-refractivity contribution >= 4 is 5.91 Å². The number of rotatable bonds is 6. The lowest BCUT2D eigenvalue weighted by Gasteiger charge is -2.21. The zero-order chi connectivity index (χ0) is 16.1. The third kappa shape index (κ3) is 4.07. The van der Waals surface area contributed by atoms with Crippen LogP contribution in [0.2, 0.25) is 0 Å². The van der Waals surface area contributed by atoms with Crippen molar-refractivity contribution in [3.05, 3.63) is 29.1 Å². The Balaban J connectivity index is 2.03. The first-order valence-electron chi connectivity index (χ1n) is 8.39. The highest BCUT2D eigenvalue weighted by Gasteiger charge is 2.20. The van der Waals surface area contributed by atoms with Crippen molar-refractivity contribution in [2.75, 3.05) is 20.2 Å². The van der Waals surface area contributed by atoms with Gasteiger partial charge in [0.25, 0.3) is 5.91 Å². The van der Waals surface area contributed by atoms with Crippen LogP contribution in [0.5, 0.6) is 0 Å². The number of carbonyl (C=O) groups excluding carboxylic acids is 1. The molecule has 1 aliphatic rings. The molecule has 1 saturated heterocycles. The molecule has 1 aromatic heterocycles. The Bertz CT molecular complexity index is 508. The Hall–Kier alpha value is -1.42. The van der Waals surface area contributed by atoms with Crippen LogP contribution in [-0.2, 0) is 11.2 Å². The predicted molar refractivity (Wildman–Crippen MR) is 88.3 cm³/mol. The van der Waals surface area contributed by atoms with E-state index in [1.807, 2.05) is 19.2 Å². The highest BCUT2D eigenvalue weighted by molar-refractivity contribution is 5.95. The summed E-state index contributed by atoms with van der Waals surface area (Å²) in [6.45, 7) is 7.89. The van der Waals surface area contributed by atoms with Gasteiger partial charge in [-0.2, -0.15) is 0 Å². The molecule has 0 radical (unpaired) electrons. The fourth-order valence-electron chi connectivity index (χ4n) is 2.82. The van der Waals surface area contributed by atoms with Gasteiger partial charge in [-0.25, -0.2) is 0 Å². The second-order valence-electron chi connectivity index (χ2n) is 6.39. The Labute approximate surface area is 133 Å². The van der Waals surface area contributed by atoms with Crippen LogP contribution in [0.15, 0.2) is 12.1 Å². The number of aryl methyl sites for hydroxylation is 1. The predicted octanol–water partition coefficient (Wildman–Crippen LogP) is 3.41. The first-order chi connectivity index (χ1) is 10.5. The summed E-state index contributed by atoms with van der Waals surface area (Å²) in [5, 5.41) is 0. The number of hydrogen-bond acceptors (Lipinski definition) is 3. The van der Waals surface area contributed by atoms with E-state index in [1.54, 1.807) is 4.90 Å². The largest absolute Gasteiger partial charge is 0.378 e. The molecule has 0 saturated carbocycles. The van der Waals surface area contributed by atoms with Gasteiger partial charge in [0, 0.05) is 25.9 Å². The van der Waals surface area contributed by atoms with E-state index in [0.29, 0.717) is 12.0 Å². The molecule has 1 unspecified atom stereocenters. The van der Waals surface area contributed by atoms with Gasteiger partial charge in [-0.1, -0.05) is 20.8 Å². The zero-order valence-electron chi connectivity index (χ0n) is 14.3. The molecule has 22 heavy (non-hydrogen) atoms. The van der Waals surface area contributed by atoms with Gasteiger partial charge >= 0.3 is 0 Å². The average molecular weight is 304 g/mol. The van der Waals surface area contributed by atoms with Crippen molar-refractivity contribution in [3.63, 3.8) is 0 Å². The molecule has 2 heterocycles. The molecule has 1 fully saturated rings. The monoisotopic (exact) mass is 304 g/mol. The lowest BCUT2D eigenvalue weighted by Crippen LogP contribution is -2.30. The molecule has 2 rings (SSSR count). The number of amides is 1. The van der Waals surface area contributed by atoms with E-state index >= 15 is 0 Å². The van der Waals surface area contributed by atoms with Crippen molar-refractivity contribution < 1.29 is 9.53 Å². The summed E-state index contributed by atoms with van der Waals surface area (Å²) >= 11 is 0. The number of nitrogens with zero attached hydrogens (tertiary/aromatic N) is 2. The van der Waals surface area contributed by atoms with Gasteiger partial charge < -0.3 is 9.64 Å². The molecule has 1 amide bonds. The normalized spacial score (nSPS) is 18.0. The van der Waals surface area contributed by atoms with E-state index in [0.717, 1.165) is 55.8 Å². The van der Waals surface area contributed by atoms with Gasteiger partial charge in [0.05, 0.1) is 17.4 Å². The standard InChI is InChI=1S/C18H28N2O2/c1-5-16-15(8-9-17(19-16)13(2)3)18(21)20(4)11-10-14-7-6-12-22-14/h8-9,13-14H,5-7,10-12H2,1-4H3. The van der Waals surface area contributed by atoms with Crippen molar-refractivity contribution in [1.29, 1.82) is 0 Å². The van der Waals surface area contributed by atoms with Crippen LogP contribution in [0.3, 0.4) is 0 Å². The lowest BCUT2D eigenvalue weighted by atomic mass is 10.0. The molecule has 0 aromatic carbocycles. The Morgan fingerprint density at radius 3 is 2.82 bits per heavy atom. The third-order valence-corrected chi connectivity index (χ3v) is 4.31. The maximum Gasteiger partial charge on any atom is 0.255 e. The minimum atomic E-state index is 0.0673. The van der Waals surface area contributed by atoms with E-state index in [2.05, 4.69) is 25.8 Å². The van der Waals surface area contributed by atoms with Crippen LogP contribution < -0.4 is 0 Å². The fraction of sp³-hybridized carbons (Fsp3) is 0.667. The van der Waals surface area contributed by atoms with E-state index in [4.69, 9.17) is 4.74 Å². The Morgan fingerprint density at radius 2 is 2.23 bits per heavy atom. The number of carbonyl (C=O) groups is 1. The molecule has 1 atom stereocenters. The van der Waals surface area contributed by atoms with Gasteiger partial charge in [-0.15, -0.1) is 0 Å². The molecule has 122 valence electrons. The molecule has 4 nitrogen and oxygen atoms in total. The molecule has 1 aromatic rings. The first kappa shape index (κ1) is 16.9. The molecule has 0 aliphatic carbocycles. The van der Waals surface area contributed by atoms with Crippen LogP contribution in [-0.4, -0.2) is 42.1 Å². The van der Waals surface area contributed by atoms with Crippen molar-refractivity contribution in [2.45, 2.75) is 58.5 Å². The number of pyridine rings is 1. The molecular formula is C18H28N2O2. The first-order valence-corrected chi connectivity index (χ1v) is 8.39. The van der Waals surface area contributed by atoms with Crippen LogP contribution >= 0.6 is 0 Å². The lowest BCUT2D eigenvalue weighted by molar-refractivity contribution is 0.0713. The summed E-state index contributed by atoms with van der Waals surface area (Å²) in [5.41, 5.74) is 2.69. The van der Waals surface area contributed by atoms with E-state index < -0.39 is 0 Å². The average Bonchev–Trinajstić information content (AvgIpc) is 3.04. The summed E-state index contributed by atoms with van der Waals surface area (Å²) in [4.78, 5) is 19.1. The second-order valence-corrected chi connectivity index (χ2v) is 6.39.